The first kappa shape index (κ1) is 17.7. The van der Waals surface area contributed by atoms with E-state index >= 15 is 0 Å². The molecule has 3 N–H and O–H groups in total. The summed E-state index contributed by atoms with van der Waals surface area (Å²) in [7, 11) is 0. The van der Waals surface area contributed by atoms with E-state index in [0.717, 1.165) is 29.2 Å². The number of nitrogens with zero attached hydrogens (tertiary/aromatic N) is 2. The fraction of sp³-hybridized carbons (Fsp3) is 0.200. The third kappa shape index (κ3) is 4.92. The summed E-state index contributed by atoms with van der Waals surface area (Å²) in [6.07, 6.45) is 1.82. The average molecular weight is 351 g/mol. The Morgan fingerprint density at radius 3 is 2.73 bits per heavy atom. The first-order chi connectivity index (χ1) is 12.7. The zero-order valence-electron chi connectivity index (χ0n) is 14.7. The minimum absolute atomic E-state index is 0.250. The Balaban J connectivity index is 1.62. The summed E-state index contributed by atoms with van der Waals surface area (Å²) in [5.74, 6) is 1.23. The number of aromatic amines is 1. The van der Waals surface area contributed by atoms with Gasteiger partial charge in [0.15, 0.2) is 5.96 Å². The topological polar surface area (TPSA) is 65.1 Å². The lowest BCUT2D eigenvalue weighted by Gasteiger charge is -2.10. The minimum Gasteiger partial charge on any atom is -0.357 e. The molecule has 3 rings (SSSR count). The molecule has 0 aliphatic carbocycles. The molecule has 134 valence electrons. The number of hydrogen-bond acceptors (Lipinski definition) is 2. The van der Waals surface area contributed by atoms with Gasteiger partial charge in [-0.1, -0.05) is 42.5 Å². The van der Waals surface area contributed by atoms with Crippen LogP contribution in [0.4, 0.5) is 4.39 Å². The number of aromatic nitrogens is 2. The largest absolute Gasteiger partial charge is 0.357 e. The Morgan fingerprint density at radius 1 is 1.12 bits per heavy atom. The summed E-state index contributed by atoms with van der Waals surface area (Å²) >= 11 is 0. The zero-order chi connectivity index (χ0) is 18.2. The van der Waals surface area contributed by atoms with Gasteiger partial charge in [0, 0.05) is 6.54 Å². The summed E-state index contributed by atoms with van der Waals surface area (Å²) in [5.41, 5.74) is 2.90. The molecule has 0 radical (unpaired) electrons. The number of imidazole rings is 1. The van der Waals surface area contributed by atoms with Crippen LogP contribution < -0.4 is 10.6 Å². The predicted molar refractivity (Wildman–Crippen MR) is 102 cm³/mol. The fourth-order valence-electron chi connectivity index (χ4n) is 2.53. The Labute approximate surface area is 152 Å². The first-order valence-corrected chi connectivity index (χ1v) is 8.60. The number of aliphatic imine (C=N–C) groups is 1. The van der Waals surface area contributed by atoms with Crippen molar-refractivity contribution < 1.29 is 4.39 Å². The van der Waals surface area contributed by atoms with E-state index in [1.54, 1.807) is 6.07 Å². The predicted octanol–water partition coefficient (Wildman–Crippen LogP) is 3.47. The van der Waals surface area contributed by atoms with Gasteiger partial charge in [-0.25, -0.2) is 14.4 Å². The van der Waals surface area contributed by atoms with Crippen molar-refractivity contribution in [1.29, 1.82) is 0 Å². The molecule has 0 aliphatic heterocycles. The number of guanidine groups is 1. The van der Waals surface area contributed by atoms with E-state index < -0.39 is 0 Å². The molecule has 0 bridgehead atoms. The Bertz CT molecular complexity index is 857. The Hall–Kier alpha value is -3.15. The van der Waals surface area contributed by atoms with Crippen molar-refractivity contribution in [3.63, 3.8) is 0 Å². The van der Waals surface area contributed by atoms with E-state index in [4.69, 9.17) is 0 Å². The smallest absolute Gasteiger partial charge is 0.191 e. The molecule has 0 aliphatic rings. The molecule has 1 heterocycles. The summed E-state index contributed by atoms with van der Waals surface area (Å²) in [6, 6.07) is 16.5. The summed E-state index contributed by atoms with van der Waals surface area (Å²) in [6.45, 7) is 3.66. The number of halogens is 1. The van der Waals surface area contributed by atoms with Crippen LogP contribution in [0.1, 0.15) is 18.3 Å². The molecule has 2 aromatic carbocycles. The van der Waals surface area contributed by atoms with Crippen LogP contribution in [0.15, 0.2) is 65.8 Å². The normalized spacial score (nSPS) is 11.4. The lowest BCUT2D eigenvalue weighted by molar-refractivity contribution is 0.625. The molecule has 0 saturated heterocycles. The van der Waals surface area contributed by atoms with Crippen molar-refractivity contribution in [2.45, 2.75) is 20.0 Å². The second-order valence-electron chi connectivity index (χ2n) is 5.79. The maximum atomic E-state index is 13.3. The fourth-order valence-corrected chi connectivity index (χ4v) is 2.53. The number of H-pyrrole nitrogens is 1. The lowest BCUT2D eigenvalue weighted by Crippen LogP contribution is -2.37. The van der Waals surface area contributed by atoms with Crippen LogP contribution in [0.25, 0.3) is 11.3 Å². The molecule has 1 aromatic heterocycles. The second kappa shape index (κ2) is 8.80. The zero-order valence-corrected chi connectivity index (χ0v) is 14.7. The average Bonchev–Trinajstić information content (AvgIpc) is 3.14. The van der Waals surface area contributed by atoms with Gasteiger partial charge in [-0.15, -0.1) is 0 Å². The summed E-state index contributed by atoms with van der Waals surface area (Å²) < 4.78 is 13.3. The molecule has 0 amide bonds. The van der Waals surface area contributed by atoms with E-state index in [-0.39, 0.29) is 5.82 Å². The Kier molecular flexibility index (Phi) is 5.98. The number of rotatable bonds is 6. The molecule has 0 atom stereocenters. The monoisotopic (exact) mass is 351 g/mol. The highest BCUT2D eigenvalue weighted by Crippen LogP contribution is 2.15. The van der Waals surface area contributed by atoms with Crippen LogP contribution >= 0.6 is 0 Å². The molecule has 0 fully saturated rings. The van der Waals surface area contributed by atoms with Gasteiger partial charge in [-0.2, -0.15) is 0 Å². The van der Waals surface area contributed by atoms with E-state index in [1.165, 1.54) is 12.1 Å². The van der Waals surface area contributed by atoms with Gasteiger partial charge in [-0.3, -0.25) is 0 Å². The Morgan fingerprint density at radius 2 is 1.96 bits per heavy atom. The van der Waals surface area contributed by atoms with Crippen LogP contribution in [-0.2, 0) is 13.1 Å². The van der Waals surface area contributed by atoms with Gasteiger partial charge in [0.1, 0.15) is 11.6 Å². The molecular weight excluding hydrogens is 329 g/mol. The molecule has 3 aromatic rings. The van der Waals surface area contributed by atoms with E-state index in [9.17, 15) is 4.39 Å². The van der Waals surface area contributed by atoms with Crippen LogP contribution in [0.3, 0.4) is 0 Å². The van der Waals surface area contributed by atoms with Crippen molar-refractivity contribution in [2.75, 3.05) is 6.54 Å². The van der Waals surface area contributed by atoms with Crippen LogP contribution in [0, 0.1) is 5.82 Å². The molecule has 26 heavy (non-hydrogen) atoms. The van der Waals surface area contributed by atoms with Gasteiger partial charge in [0.2, 0.25) is 0 Å². The molecule has 0 unspecified atom stereocenters. The minimum atomic E-state index is -0.250. The van der Waals surface area contributed by atoms with Crippen LogP contribution in [-0.4, -0.2) is 22.5 Å². The summed E-state index contributed by atoms with van der Waals surface area (Å²) in [4.78, 5) is 12.2. The van der Waals surface area contributed by atoms with Crippen molar-refractivity contribution >= 4 is 5.96 Å². The molecule has 6 heteroatoms. The van der Waals surface area contributed by atoms with Crippen LogP contribution in [0.2, 0.25) is 0 Å². The van der Waals surface area contributed by atoms with Crippen molar-refractivity contribution in [2.24, 2.45) is 4.99 Å². The first-order valence-electron chi connectivity index (χ1n) is 8.60. The maximum Gasteiger partial charge on any atom is 0.191 e. The molecule has 0 spiro atoms. The maximum absolute atomic E-state index is 13.3. The lowest BCUT2D eigenvalue weighted by atomic mass is 10.2. The van der Waals surface area contributed by atoms with E-state index in [0.29, 0.717) is 19.0 Å². The number of hydrogen-bond donors (Lipinski definition) is 3. The number of nitrogens with one attached hydrogen (secondary N) is 3. The van der Waals surface area contributed by atoms with Gasteiger partial charge < -0.3 is 15.6 Å². The van der Waals surface area contributed by atoms with Gasteiger partial charge in [-0.05, 0) is 30.2 Å². The van der Waals surface area contributed by atoms with Gasteiger partial charge in [0.05, 0.1) is 25.0 Å². The highest BCUT2D eigenvalue weighted by atomic mass is 19.1. The molecule has 5 nitrogen and oxygen atoms in total. The summed E-state index contributed by atoms with van der Waals surface area (Å²) in [5, 5.41) is 6.42. The quantitative estimate of drug-likeness (QED) is 0.471. The number of benzene rings is 2. The van der Waals surface area contributed by atoms with E-state index in [2.05, 4.69) is 25.6 Å². The highest BCUT2D eigenvalue weighted by Gasteiger charge is 2.04. The molecule has 0 saturated carbocycles. The van der Waals surface area contributed by atoms with Crippen molar-refractivity contribution in [3.05, 3.63) is 78.0 Å². The van der Waals surface area contributed by atoms with Crippen LogP contribution in [0.5, 0.6) is 0 Å². The van der Waals surface area contributed by atoms with E-state index in [1.807, 2.05) is 49.5 Å². The molecular formula is C20H22FN5. The third-order valence-corrected chi connectivity index (χ3v) is 3.79. The standard InChI is InChI=1S/C20H22FN5/c1-2-22-20(24-12-15-7-6-10-17(21)11-15)25-14-19-23-13-18(26-19)16-8-4-3-5-9-16/h3-11,13H,2,12,14H2,1H3,(H,23,26)(H2,22,24,25). The second-order valence-corrected chi connectivity index (χ2v) is 5.79. The van der Waals surface area contributed by atoms with Crippen molar-refractivity contribution in [3.8, 4) is 11.3 Å². The van der Waals surface area contributed by atoms with Gasteiger partial charge >= 0.3 is 0 Å². The van der Waals surface area contributed by atoms with Gasteiger partial charge in [0.25, 0.3) is 0 Å². The third-order valence-electron chi connectivity index (χ3n) is 3.79. The van der Waals surface area contributed by atoms with Crippen molar-refractivity contribution in [1.82, 2.24) is 20.6 Å². The highest BCUT2D eigenvalue weighted by molar-refractivity contribution is 5.79. The SMILES string of the molecule is CCNC(=NCc1cccc(F)c1)NCc1ncc(-c2ccccc2)[nH]1.